The third-order valence-electron chi connectivity index (χ3n) is 2.90. The number of benzene rings is 1. The molecule has 8 heteroatoms. The smallest absolute Gasteiger partial charge is 0.406 e. The van der Waals surface area contributed by atoms with Gasteiger partial charge in [-0.05, 0) is 31.2 Å². The first-order chi connectivity index (χ1) is 8.46. The third kappa shape index (κ3) is 5.26. The van der Waals surface area contributed by atoms with Crippen molar-refractivity contribution in [1.29, 1.82) is 0 Å². The minimum Gasteiger partial charge on any atom is -0.406 e. The largest absolute Gasteiger partial charge is 0.573 e. The zero-order valence-corrected chi connectivity index (χ0v) is 12.4. The summed E-state index contributed by atoms with van der Waals surface area (Å²) in [6.45, 7) is 4.68. The van der Waals surface area contributed by atoms with Crippen LogP contribution in [0.4, 0.5) is 18.9 Å². The molecule has 116 valence electrons. The maximum atomic E-state index is 12.0. The fourth-order valence-corrected chi connectivity index (χ4v) is 2.06. The van der Waals surface area contributed by atoms with Gasteiger partial charge in [0.15, 0.2) is 0 Å². The number of anilines is 1. The summed E-state index contributed by atoms with van der Waals surface area (Å²) in [4.78, 5) is 2.16. The first-order valence-corrected chi connectivity index (χ1v) is 5.79. The number of hydrogen-bond donors (Lipinski definition) is 1. The molecule has 0 radical (unpaired) electrons. The summed E-state index contributed by atoms with van der Waals surface area (Å²) in [7, 11) is 0. The Morgan fingerprint density at radius 1 is 1.20 bits per heavy atom. The average molecular weight is 333 g/mol. The second-order valence-corrected chi connectivity index (χ2v) is 4.29. The lowest BCUT2D eigenvalue weighted by atomic mass is 10.2. The molecule has 0 amide bonds. The summed E-state index contributed by atoms with van der Waals surface area (Å²) in [5.41, 5.74) is 0.915. The van der Waals surface area contributed by atoms with E-state index in [4.69, 9.17) is 0 Å². The van der Waals surface area contributed by atoms with Gasteiger partial charge in [-0.25, -0.2) is 0 Å². The first-order valence-electron chi connectivity index (χ1n) is 5.79. The maximum absolute atomic E-state index is 12.0. The Morgan fingerprint density at radius 2 is 1.80 bits per heavy atom. The zero-order valence-electron chi connectivity index (χ0n) is 10.8. The highest BCUT2D eigenvalue weighted by atomic mass is 35.5. The number of rotatable bonds is 2. The number of nitrogens with zero attached hydrogens (tertiary/aromatic N) is 1. The van der Waals surface area contributed by atoms with E-state index in [0.717, 1.165) is 25.3 Å². The van der Waals surface area contributed by atoms with Crippen LogP contribution in [0.15, 0.2) is 24.3 Å². The number of hydrogen-bond acceptors (Lipinski definition) is 3. The third-order valence-corrected chi connectivity index (χ3v) is 2.90. The number of halogens is 5. The molecule has 0 spiro atoms. The monoisotopic (exact) mass is 332 g/mol. The molecule has 0 saturated carbocycles. The first kappa shape index (κ1) is 19.1. The van der Waals surface area contributed by atoms with Crippen molar-refractivity contribution in [2.45, 2.75) is 19.3 Å². The van der Waals surface area contributed by atoms with Gasteiger partial charge in [0.2, 0.25) is 0 Å². The van der Waals surface area contributed by atoms with Crippen LogP contribution in [0.3, 0.4) is 0 Å². The van der Waals surface area contributed by atoms with E-state index >= 15 is 0 Å². The van der Waals surface area contributed by atoms with Crippen LogP contribution in [0.1, 0.15) is 6.92 Å². The van der Waals surface area contributed by atoms with Gasteiger partial charge in [-0.15, -0.1) is 38.0 Å². The van der Waals surface area contributed by atoms with Gasteiger partial charge in [0.1, 0.15) is 5.75 Å². The zero-order chi connectivity index (χ0) is 13.2. The fourth-order valence-electron chi connectivity index (χ4n) is 2.06. The maximum Gasteiger partial charge on any atom is 0.573 e. The Balaban J connectivity index is 0.00000180. The average Bonchev–Trinajstić information content (AvgIpc) is 2.29. The number of nitrogens with one attached hydrogen (secondary N) is 1. The van der Waals surface area contributed by atoms with Crippen molar-refractivity contribution in [3.05, 3.63) is 24.3 Å². The quantitative estimate of drug-likeness (QED) is 0.899. The molecule has 1 N–H and O–H groups in total. The predicted molar refractivity (Wildman–Crippen MR) is 77.3 cm³/mol. The lowest BCUT2D eigenvalue weighted by Gasteiger charge is -2.35. The van der Waals surface area contributed by atoms with Gasteiger partial charge < -0.3 is 15.0 Å². The van der Waals surface area contributed by atoms with Crippen LogP contribution in [0, 0.1) is 0 Å². The van der Waals surface area contributed by atoms with Crippen LogP contribution in [0.5, 0.6) is 5.75 Å². The van der Waals surface area contributed by atoms with Crippen molar-refractivity contribution in [3.63, 3.8) is 0 Å². The van der Waals surface area contributed by atoms with E-state index in [-0.39, 0.29) is 30.6 Å². The van der Waals surface area contributed by atoms with E-state index in [1.807, 2.05) is 0 Å². The van der Waals surface area contributed by atoms with Crippen LogP contribution >= 0.6 is 24.8 Å². The van der Waals surface area contributed by atoms with Gasteiger partial charge in [-0.1, -0.05) is 0 Å². The van der Waals surface area contributed by atoms with Gasteiger partial charge in [0, 0.05) is 31.4 Å². The van der Waals surface area contributed by atoms with Crippen LogP contribution in [0.25, 0.3) is 0 Å². The van der Waals surface area contributed by atoms with E-state index in [2.05, 4.69) is 21.9 Å². The standard InChI is InChI=1S/C12H15F3N2O.2ClH/c1-9-8-16-6-7-17(9)10-2-4-11(5-3-10)18-12(13,14)15;;/h2-5,9,16H,6-8H2,1H3;2*1H/t9-;;/m1../s1. The van der Waals surface area contributed by atoms with Crippen molar-refractivity contribution >= 4 is 30.5 Å². The van der Waals surface area contributed by atoms with Gasteiger partial charge in [0.25, 0.3) is 0 Å². The summed E-state index contributed by atoms with van der Waals surface area (Å²) in [6, 6.07) is 6.33. The Hall–Kier alpha value is -0.850. The number of alkyl halides is 3. The Labute approximate surface area is 128 Å². The van der Waals surface area contributed by atoms with E-state index in [9.17, 15) is 13.2 Å². The van der Waals surface area contributed by atoms with Crippen molar-refractivity contribution in [2.24, 2.45) is 0 Å². The molecule has 1 aromatic rings. The van der Waals surface area contributed by atoms with Crippen LogP contribution in [0.2, 0.25) is 0 Å². The Morgan fingerprint density at radius 3 is 2.30 bits per heavy atom. The molecule has 0 aromatic heterocycles. The molecular formula is C12H17Cl2F3N2O. The Bertz CT molecular complexity index is 401. The summed E-state index contributed by atoms with van der Waals surface area (Å²) in [6.07, 6.45) is -4.64. The molecule has 0 unspecified atom stereocenters. The summed E-state index contributed by atoms with van der Waals surface area (Å²) in [5, 5.41) is 3.26. The minimum atomic E-state index is -4.64. The Kier molecular flexibility index (Phi) is 7.47. The molecule has 20 heavy (non-hydrogen) atoms. The van der Waals surface area contributed by atoms with Crippen molar-refractivity contribution < 1.29 is 17.9 Å². The van der Waals surface area contributed by atoms with E-state index in [0.29, 0.717) is 6.04 Å². The van der Waals surface area contributed by atoms with Gasteiger partial charge in [-0.3, -0.25) is 0 Å². The SMILES string of the molecule is C[C@@H]1CNCCN1c1ccc(OC(F)(F)F)cc1.Cl.Cl. The van der Waals surface area contributed by atoms with E-state index in [1.54, 1.807) is 12.1 Å². The summed E-state index contributed by atoms with van der Waals surface area (Å²) in [5.74, 6) is -0.186. The minimum absolute atomic E-state index is 0. The van der Waals surface area contributed by atoms with Crippen LogP contribution < -0.4 is 15.0 Å². The van der Waals surface area contributed by atoms with Crippen molar-refractivity contribution in [3.8, 4) is 5.75 Å². The van der Waals surface area contributed by atoms with Gasteiger partial charge >= 0.3 is 6.36 Å². The van der Waals surface area contributed by atoms with Gasteiger partial charge in [0.05, 0.1) is 0 Å². The topological polar surface area (TPSA) is 24.5 Å². The van der Waals surface area contributed by atoms with Gasteiger partial charge in [-0.2, -0.15) is 0 Å². The lowest BCUT2D eigenvalue weighted by Crippen LogP contribution is -2.49. The normalized spacial score (nSPS) is 18.8. The fraction of sp³-hybridized carbons (Fsp3) is 0.500. The molecule has 1 aliphatic rings. The molecular weight excluding hydrogens is 316 g/mol. The highest BCUT2D eigenvalue weighted by Crippen LogP contribution is 2.26. The van der Waals surface area contributed by atoms with Crippen LogP contribution in [-0.4, -0.2) is 32.0 Å². The second kappa shape index (κ2) is 7.81. The number of ether oxygens (including phenoxy) is 1. The number of piperazine rings is 1. The highest BCUT2D eigenvalue weighted by molar-refractivity contribution is 5.85. The lowest BCUT2D eigenvalue weighted by molar-refractivity contribution is -0.274. The second-order valence-electron chi connectivity index (χ2n) is 4.29. The van der Waals surface area contributed by atoms with Crippen molar-refractivity contribution in [2.75, 3.05) is 24.5 Å². The molecule has 1 aromatic carbocycles. The van der Waals surface area contributed by atoms with Crippen molar-refractivity contribution in [1.82, 2.24) is 5.32 Å². The molecule has 0 bridgehead atoms. The van der Waals surface area contributed by atoms with E-state index < -0.39 is 6.36 Å². The van der Waals surface area contributed by atoms with E-state index in [1.165, 1.54) is 12.1 Å². The molecule has 1 heterocycles. The highest BCUT2D eigenvalue weighted by Gasteiger charge is 2.31. The summed E-state index contributed by atoms with van der Waals surface area (Å²) < 4.78 is 39.9. The molecule has 3 nitrogen and oxygen atoms in total. The molecule has 1 fully saturated rings. The molecule has 1 saturated heterocycles. The molecule has 0 aliphatic carbocycles. The molecule has 2 rings (SSSR count). The van der Waals surface area contributed by atoms with Crippen LogP contribution in [-0.2, 0) is 0 Å². The summed E-state index contributed by atoms with van der Waals surface area (Å²) >= 11 is 0. The molecule has 1 aliphatic heterocycles. The predicted octanol–water partition coefficient (Wildman–Crippen LogP) is 3.23. The molecule has 1 atom stereocenters.